The molecule has 3 heterocycles. The van der Waals surface area contributed by atoms with Crippen molar-refractivity contribution in [3.05, 3.63) is 69.0 Å². The highest BCUT2D eigenvalue weighted by Crippen LogP contribution is 2.35. The van der Waals surface area contributed by atoms with E-state index in [1.807, 2.05) is 24.3 Å². The van der Waals surface area contributed by atoms with Crippen LogP contribution >= 0.6 is 11.3 Å². The smallest absolute Gasteiger partial charge is 0.291 e. The van der Waals surface area contributed by atoms with Crippen molar-refractivity contribution in [2.75, 3.05) is 18.1 Å². The highest BCUT2D eigenvalue weighted by Gasteiger charge is 2.35. The molecule has 4 aromatic rings. The number of unbranched alkanes of at least 4 members (excludes halogenated alkanes) is 1. The molecule has 0 spiro atoms. The fourth-order valence-corrected chi connectivity index (χ4v) is 4.85. The number of carbonyl (C=O) groups is 2. The number of anilines is 1. The van der Waals surface area contributed by atoms with Gasteiger partial charge in [-0.15, -0.1) is 5.10 Å². The number of thiazole rings is 1. The van der Waals surface area contributed by atoms with Crippen LogP contribution < -0.4 is 25.5 Å². The Labute approximate surface area is 198 Å². The molecule has 0 bridgehead atoms. The standard InChI is InChI=1S/C24H21N5O4S/c1-2-3-12-33-15-10-8-14(9-11-15)21-26-24-29(27-21)23(32)20(34-24)19-16-6-4-5-7-17(16)28(22(19)31)13-18(25)30/h4-11H,2-3,12-13H2,1H3,(H2,25,30)/b20-19+. The Hall–Kier alpha value is -4.05. The van der Waals surface area contributed by atoms with Crippen molar-refractivity contribution in [1.29, 1.82) is 0 Å². The molecular weight excluding hydrogens is 454 g/mol. The van der Waals surface area contributed by atoms with Gasteiger partial charge in [-0.2, -0.15) is 9.50 Å². The summed E-state index contributed by atoms with van der Waals surface area (Å²) < 4.78 is 7.12. The van der Waals surface area contributed by atoms with Crippen LogP contribution in [0.25, 0.3) is 21.9 Å². The molecule has 1 aliphatic rings. The van der Waals surface area contributed by atoms with E-state index in [-0.39, 0.29) is 16.7 Å². The van der Waals surface area contributed by atoms with E-state index >= 15 is 0 Å². The van der Waals surface area contributed by atoms with Crippen molar-refractivity contribution < 1.29 is 14.3 Å². The molecule has 172 valence electrons. The van der Waals surface area contributed by atoms with E-state index in [0.29, 0.717) is 28.6 Å². The fourth-order valence-electron chi connectivity index (χ4n) is 3.85. The van der Waals surface area contributed by atoms with Crippen LogP contribution in [0.4, 0.5) is 5.69 Å². The Kier molecular flexibility index (Phi) is 5.58. The van der Waals surface area contributed by atoms with Crippen LogP contribution in [0, 0.1) is 0 Å². The van der Waals surface area contributed by atoms with Crippen LogP contribution in [0.3, 0.4) is 0 Å². The summed E-state index contributed by atoms with van der Waals surface area (Å²) in [5.74, 6) is 0.0928. The minimum absolute atomic E-state index is 0.227. The van der Waals surface area contributed by atoms with Crippen LogP contribution in [0.15, 0.2) is 53.3 Å². The summed E-state index contributed by atoms with van der Waals surface area (Å²) in [4.78, 5) is 44.0. The van der Waals surface area contributed by atoms with Gasteiger partial charge in [0.05, 0.1) is 17.9 Å². The third kappa shape index (κ3) is 3.71. The molecule has 2 aromatic carbocycles. The summed E-state index contributed by atoms with van der Waals surface area (Å²) in [6.07, 6.45) is 2.05. The molecule has 0 saturated carbocycles. The Bertz CT molecular complexity index is 1520. The molecule has 0 atom stereocenters. The molecule has 2 aromatic heterocycles. The molecule has 0 unspecified atom stereocenters. The topological polar surface area (TPSA) is 120 Å². The molecule has 34 heavy (non-hydrogen) atoms. The van der Waals surface area contributed by atoms with Gasteiger partial charge in [-0.05, 0) is 36.8 Å². The van der Waals surface area contributed by atoms with Gasteiger partial charge in [-0.25, -0.2) is 0 Å². The van der Waals surface area contributed by atoms with E-state index in [4.69, 9.17) is 10.5 Å². The maximum Gasteiger partial charge on any atom is 0.291 e. The number of hydrogen-bond acceptors (Lipinski definition) is 7. The summed E-state index contributed by atoms with van der Waals surface area (Å²) in [5.41, 5.74) is 7.00. The Balaban J connectivity index is 1.54. The Morgan fingerprint density at radius 3 is 2.59 bits per heavy atom. The van der Waals surface area contributed by atoms with Gasteiger partial charge in [0, 0.05) is 11.1 Å². The number of fused-ring (bicyclic) bond motifs is 2. The number of amides is 2. The number of carbonyl (C=O) groups excluding carboxylic acids is 2. The maximum absolute atomic E-state index is 13.2. The fraction of sp³-hybridized carbons (Fsp3) is 0.208. The lowest BCUT2D eigenvalue weighted by Crippen LogP contribution is -2.37. The number of aromatic nitrogens is 3. The second-order valence-corrected chi connectivity index (χ2v) is 8.82. The Morgan fingerprint density at radius 1 is 1.12 bits per heavy atom. The monoisotopic (exact) mass is 475 g/mol. The van der Waals surface area contributed by atoms with Crippen LogP contribution in [-0.2, 0) is 9.59 Å². The van der Waals surface area contributed by atoms with Gasteiger partial charge in [-0.1, -0.05) is 42.9 Å². The van der Waals surface area contributed by atoms with Crippen LogP contribution in [0.2, 0.25) is 0 Å². The predicted octanol–water partition coefficient (Wildman–Crippen LogP) is 1.75. The van der Waals surface area contributed by atoms with Gasteiger partial charge >= 0.3 is 0 Å². The van der Waals surface area contributed by atoms with E-state index in [1.54, 1.807) is 24.3 Å². The summed E-state index contributed by atoms with van der Waals surface area (Å²) in [6.45, 7) is 2.50. The van der Waals surface area contributed by atoms with Crippen molar-refractivity contribution in [2.45, 2.75) is 19.8 Å². The third-order valence-corrected chi connectivity index (χ3v) is 6.53. The first-order chi connectivity index (χ1) is 16.5. The lowest BCUT2D eigenvalue weighted by molar-refractivity contribution is -0.119. The lowest BCUT2D eigenvalue weighted by atomic mass is 10.1. The molecule has 2 N–H and O–H groups in total. The number of rotatable bonds is 7. The lowest BCUT2D eigenvalue weighted by Gasteiger charge is -2.14. The van der Waals surface area contributed by atoms with E-state index < -0.39 is 17.4 Å². The molecule has 10 heteroatoms. The Morgan fingerprint density at radius 2 is 1.88 bits per heavy atom. The molecule has 9 nitrogen and oxygen atoms in total. The second kappa shape index (κ2) is 8.71. The highest BCUT2D eigenvalue weighted by molar-refractivity contribution is 7.15. The van der Waals surface area contributed by atoms with Gasteiger partial charge in [0.2, 0.25) is 10.9 Å². The molecule has 5 rings (SSSR count). The highest BCUT2D eigenvalue weighted by atomic mass is 32.1. The number of nitrogens with zero attached hydrogens (tertiary/aromatic N) is 4. The van der Waals surface area contributed by atoms with Crippen LogP contribution in [0.5, 0.6) is 5.75 Å². The van der Waals surface area contributed by atoms with E-state index in [9.17, 15) is 14.4 Å². The van der Waals surface area contributed by atoms with Gasteiger partial charge in [0.1, 0.15) is 16.8 Å². The summed E-state index contributed by atoms with van der Waals surface area (Å²) >= 11 is 1.09. The first-order valence-electron chi connectivity index (χ1n) is 10.8. The summed E-state index contributed by atoms with van der Waals surface area (Å²) in [7, 11) is 0. The summed E-state index contributed by atoms with van der Waals surface area (Å²) in [5, 5.41) is 4.38. The van der Waals surface area contributed by atoms with Gasteiger partial charge in [0.15, 0.2) is 5.82 Å². The second-order valence-electron chi connectivity index (χ2n) is 7.84. The first kappa shape index (κ1) is 21.8. The zero-order chi connectivity index (χ0) is 23.8. The first-order valence-corrected chi connectivity index (χ1v) is 11.7. The number of ether oxygens (including phenoxy) is 1. The average Bonchev–Trinajstić information content (AvgIpc) is 3.46. The van der Waals surface area contributed by atoms with Gasteiger partial charge < -0.3 is 10.5 Å². The van der Waals surface area contributed by atoms with Gasteiger partial charge in [0.25, 0.3) is 11.5 Å². The number of hydrogen-bond donors (Lipinski definition) is 1. The molecular formula is C24H21N5O4S. The molecule has 0 fully saturated rings. The van der Waals surface area contributed by atoms with Crippen LogP contribution in [-0.4, -0.2) is 39.6 Å². The molecule has 1 aliphatic heterocycles. The zero-order valence-electron chi connectivity index (χ0n) is 18.4. The molecule has 2 amide bonds. The van der Waals surface area contributed by atoms with Crippen molar-refractivity contribution in [1.82, 2.24) is 14.6 Å². The maximum atomic E-state index is 13.2. The number of primary amides is 1. The summed E-state index contributed by atoms with van der Waals surface area (Å²) in [6, 6.07) is 14.4. The van der Waals surface area contributed by atoms with E-state index in [2.05, 4.69) is 17.0 Å². The van der Waals surface area contributed by atoms with Crippen molar-refractivity contribution >= 4 is 39.4 Å². The molecule has 0 aliphatic carbocycles. The van der Waals surface area contributed by atoms with Crippen molar-refractivity contribution in [3.8, 4) is 17.1 Å². The number of para-hydroxylation sites is 1. The molecule has 0 radical (unpaired) electrons. The van der Waals surface area contributed by atoms with Crippen molar-refractivity contribution in [2.24, 2.45) is 5.73 Å². The predicted molar refractivity (Wildman–Crippen MR) is 129 cm³/mol. The normalized spacial score (nSPS) is 14.6. The minimum atomic E-state index is -0.638. The van der Waals surface area contributed by atoms with E-state index in [1.165, 1.54) is 9.42 Å². The van der Waals surface area contributed by atoms with Gasteiger partial charge in [-0.3, -0.25) is 19.3 Å². The average molecular weight is 476 g/mol. The minimum Gasteiger partial charge on any atom is -0.494 e. The third-order valence-electron chi connectivity index (χ3n) is 5.50. The largest absolute Gasteiger partial charge is 0.494 e. The van der Waals surface area contributed by atoms with Crippen molar-refractivity contribution in [3.63, 3.8) is 0 Å². The SMILES string of the molecule is CCCCOc1ccc(-c2nc3s/c(=C4/C(=O)N(CC(N)=O)c5ccccc54)c(=O)n3n2)cc1. The van der Waals surface area contributed by atoms with E-state index in [0.717, 1.165) is 35.5 Å². The zero-order valence-corrected chi connectivity index (χ0v) is 19.2. The number of benzene rings is 2. The number of nitrogens with two attached hydrogens (primary N) is 1. The quantitative estimate of drug-likeness (QED) is 0.407. The molecule has 0 saturated heterocycles. The van der Waals surface area contributed by atoms with Crippen LogP contribution in [0.1, 0.15) is 25.3 Å².